The second-order valence-electron chi connectivity index (χ2n) is 18.8. The standard InChI is InChI=1S/C65H106O6/c1-4-7-10-13-16-19-22-25-27-28-29-30-31-32-33-34-35-36-38-40-43-46-49-52-55-58-64(67)70-61-62(60-69-63(66)57-54-51-48-45-42-39-24-21-18-15-12-9-6-3)71-65(68)59-56-53-50-47-44-41-37-26-23-20-17-14-11-8-5-2/h8-9,11-12,17-18,20-22,25-26,28-29,31-32,37,39,42,44,47,62H,4-7,10,13-16,19,23-24,27,30,33-36,38,40-41,43,45-46,48-61H2,1-3H3/b11-8-,12-9-,20-17-,21-18-,25-22-,29-28-,32-31-,37-26-,42-39-,47-44-. The van der Waals surface area contributed by atoms with Gasteiger partial charge in [0, 0.05) is 19.3 Å². The monoisotopic (exact) mass is 983 g/mol. The number of carbonyl (C=O) groups excluding carboxylic acids is 3. The third kappa shape index (κ3) is 56.6. The summed E-state index contributed by atoms with van der Waals surface area (Å²) in [4.78, 5) is 38.1. The number of rotatable bonds is 51. The van der Waals surface area contributed by atoms with E-state index in [-0.39, 0.29) is 37.5 Å². The summed E-state index contributed by atoms with van der Waals surface area (Å²) in [6.07, 6.45) is 80.6. The van der Waals surface area contributed by atoms with Crippen molar-refractivity contribution in [1.82, 2.24) is 0 Å². The summed E-state index contributed by atoms with van der Waals surface area (Å²) in [7, 11) is 0. The summed E-state index contributed by atoms with van der Waals surface area (Å²) in [5, 5.41) is 0. The Morgan fingerprint density at radius 3 is 0.901 bits per heavy atom. The zero-order valence-electron chi connectivity index (χ0n) is 45.9. The zero-order chi connectivity index (χ0) is 51.4. The van der Waals surface area contributed by atoms with E-state index < -0.39 is 6.10 Å². The molecule has 0 aromatic rings. The van der Waals surface area contributed by atoms with E-state index in [2.05, 4.69) is 142 Å². The van der Waals surface area contributed by atoms with Gasteiger partial charge >= 0.3 is 17.9 Å². The Bertz CT molecular complexity index is 1500. The topological polar surface area (TPSA) is 78.9 Å². The molecule has 0 saturated carbocycles. The van der Waals surface area contributed by atoms with Crippen LogP contribution in [0.15, 0.2) is 122 Å². The van der Waals surface area contributed by atoms with Crippen molar-refractivity contribution in [2.24, 2.45) is 0 Å². The van der Waals surface area contributed by atoms with Gasteiger partial charge in [-0.2, -0.15) is 0 Å². The van der Waals surface area contributed by atoms with Crippen molar-refractivity contribution in [3.8, 4) is 0 Å². The average Bonchev–Trinajstić information content (AvgIpc) is 3.37. The molecule has 0 fully saturated rings. The van der Waals surface area contributed by atoms with Crippen LogP contribution in [-0.4, -0.2) is 37.2 Å². The molecular formula is C65H106O6. The predicted molar refractivity (Wildman–Crippen MR) is 306 cm³/mol. The van der Waals surface area contributed by atoms with Gasteiger partial charge in [-0.05, 0) is 128 Å². The lowest BCUT2D eigenvalue weighted by molar-refractivity contribution is -0.167. The fourth-order valence-electron chi connectivity index (χ4n) is 7.63. The van der Waals surface area contributed by atoms with Crippen molar-refractivity contribution < 1.29 is 28.6 Å². The number of carbonyl (C=O) groups is 3. The highest BCUT2D eigenvalue weighted by atomic mass is 16.6. The first-order valence-corrected chi connectivity index (χ1v) is 29.0. The van der Waals surface area contributed by atoms with Gasteiger partial charge in [-0.15, -0.1) is 0 Å². The Hall–Kier alpha value is -4.19. The van der Waals surface area contributed by atoms with Gasteiger partial charge in [0.2, 0.25) is 0 Å². The van der Waals surface area contributed by atoms with E-state index in [1.165, 1.54) is 89.9 Å². The Balaban J connectivity index is 4.39. The molecule has 0 radical (unpaired) electrons. The lowest BCUT2D eigenvalue weighted by atomic mass is 10.1. The van der Waals surface area contributed by atoms with Gasteiger partial charge < -0.3 is 14.2 Å². The normalized spacial score (nSPS) is 13.0. The molecule has 6 nitrogen and oxygen atoms in total. The summed E-state index contributed by atoms with van der Waals surface area (Å²) in [6, 6.07) is 0. The van der Waals surface area contributed by atoms with Crippen LogP contribution < -0.4 is 0 Å². The molecule has 0 aliphatic heterocycles. The van der Waals surface area contributed by atoms with Gasteiger partial charge in [0.1, 0.15) is 13.2 Å². The summed E-state index contributed by atoms with van der Waals surface area (Å²) in [6.45, 7) is 6.33. The molecule has 0 amide bonds. The molecule has 0 N–H and O–H groups in total. The second-order valence-corrected chi connectivity index (χ2v) is 18.8. The molecule has 71 heavy (non-hydrogen) atoms. The van der Waals surface area contributed by atoms with Crippen molar-refractivity contribution in [2.75, 3.05) is 13.2 Å². The maximum atomic E-state index is 12.8. The van der Waals surface area contributed by atoms with Crippen LogP contribution >= 0.6 is 0 Å². The van der Waals surface area contributed by atoms with Crippen LogP contribution in [0.5, 0.6) is 0 Å². The van der Waals surface area contributed by atoms with Crippen LogP contribution in [0.25, 0.3) is 0 Å². The van der Waals surface area contributed by atoms with Crippen molar-refractivity contribution in [1.29, 1.82) is 0 Å². The van der Waals surface area contributed by atoms with E-state index >= 15 is 0 Å². The van der Waals surface area contributed by atoms with Crippen LogP contribution in [-0.2, 0) is 28.6 Å². The van der Waals surface area contributed by atoms with Crippen LogP contribution in [0, 0.1) is 0 Å². The van der Waals surface area contributed by atoms with E-state index in [1.807, 2.05) is 0 Å². The molecule has 0 heterocycles. The number of hydrogen-bond donors (Lipinski definition) is 0. The van der Waals surface area contributed by atoms with Crippen molar-refractivity contribution in [3.05, 3.63) is 122 Å². The fourth-order valence-corrected chi connectivity index (χ4v) is 7.63. The molecule has 1 unspecified atom stereocenters. The van der Waals surface area contributed by atoms with Crippen molar-refractivity contribution >= 4 is 17.9 Å². The second kappa shape index (κ2) is 58.4. The van der Waals surface area contributed by atoms with Crippen LogP contribution in [0.4, 0.5) is 0 Å². The van der Waals surface area contributed by atoms with Crippen LogP contribution in [0.3, 0.4) is 0 Å². The largest absolute Gasteiger partial charge is 0.462 e. The Morgan fingerprint density at radius 1 is 0.296 bits per heavy atom. The fraction of sp³-hybridized carbons (Fsp3) is 0.646. The third-order valence-corrected chi connectivity index (χ3v) is 11.9. The number of ether oxygens (including phenoxy) is 3. The first-order chi connectivity index (χ1) is 35.0. The van der Waals surface area contributed by atoms with E-state index in [0.717, 1.165) is 116 Å². The highest BCUT2D eigenvalue weighted by Gasteiger charge is 2.19. The highest BCUT2D eigenvalue weighted by Crippen LogP contribution is 2.14. The van der Waals surface area contributed by atoms with Gasteiger partial charge in [-0.3, -0.25) is 14.4 Å². The first kappa shape index (κ1) is 66.8. The van der Waals surface area contributed by atoms with E-state index in [4.69, 9.17) is 14.2 Å². The molecule has 0 saturated heterocycles. The minimum absolute atomic E-state index is 0.109. The molecule has 0 bridgehead atoms. The molecule has 0 rings (SSSR count). The average molecular weight is 984 g/mol. The third-order valence-electron chi connectivity index (χ3n) is 11.9. The minimum Gasteiger partial charge on any atom is -0.462 e. The Labute approximate surface area is 437 Å². The van der Waals surface area contributed by atoms with Gasteiger partial charge in [-0.25, -0.2) is 0 Å². The molecule has 402 valence electrons. The summed E-state index contributed by atoms with van der Waals surface area (Å²) in [5.74, 6) is -0.988. The van der Waals surface area contributed by atoms with E-state index in [1.54, 1.807) is 0 Å². The SMILES string of the molecule is CC/C=C\C/C=C\C/C=C\C/C=C\CCCCC(=O)OC(COC(=O)CCCCC/C=C\C/C=C\C/C=C\CC)COC(=O)CCCCCCCCCCCC/C=C\C/C=C\C/C=C\CCCCCCC. The zero-order valence-corrected chi connectivity index (χ0v) is 45.9. The molecule has 1 atom stereocenters. The molecular weight excluding hydrogens is 877 g/mol. The van der Waals surface area contributed by atoms with Crippen LogP contribution in [0.2, 0.25) is 0 Å². The molecule has 0 aliphatic carbocycles. The maximum Gasteiger partial charge on any atom is 0.306 e. The molecule has 6 heteroatoms. The smallest absolute Gasteiger partial charge is 0.306 e. The van der Waals surface area contributed by atoms with Crippen molar-refractivity contribution in [3.63, 3.8) is 0 Å². The first-order valence-electron chi connectivity index (χ1n) is 29.0. The Kier molecular flexibility index (Phi) is 54.9. The number of esters is 3. The summed E-state index contributed by atoms with van der Waals surface area (Å²) in [5.41, 5.74) is 0. The number of unbranched alkanes of at least 4 members (excludes halogenated alkanes) is 20. The summed E-state index contributed by atoms with van der Waals surface area (Å²) < 4.78 is 16.8. The quantitative estimate of drug-likeness (QED) is 0.0261. The summed E-state index contributed by atoms with van der Waals surface area (Å²) >= 11 is 0. The van der Waals surface area contributed by atoms with Gasteiger partial charge in [0.05, 0.1) is 0 Å². The van der Waals surface area contributed by atoms with E-state index in [0.29, 0.717) is 19.3 Å². The van der Waals surface area contributed by atoms with E-state index in [9.17, 15) is 14.4 Å². The predicted octanol–water partition coefficient (Wildman–Crippen LogP) is 19.6. The lowest BCUT2D eigenvalue weighted by Crippen LogP contribution is -2.30. The van der Waals surface area contributed by atoms with Crippen molar-refractivity contribution in [2.45, 2.75) is 258 Å². The van der Waals surface area contributed by atoms with Gasteiger partial charge in [0.15, 0.2) is 6.10 Å². The molecule has 0 spiro atoms. The molecule has 0 aromatic carbocycles. The maximum absolute atomic E-state index is 12.8. The number of allylic oxidation sites excluding steroid dienone is 20. The molecule has 0 aromatic heterocycles. The lowest BCUT2D eigenvalue weighted by Gasteiger charge is -2.18. The Morgan fingerprint density at radius 2 is 0.549 bits per heavy atom. The minimum atomic E-state index is -0.817. The number of hydrogen-bond acceptors (Lipinski definition) is 6. The molecule has 0 aliphatic rings. The van der Waals surface area contributed by atoms with Gasteiger partial charge in [-0.1, -0.05) is 226 Å². The highest BCUT2D eigenvalue weighted by molar-refractivity contribution is 5.71. The van der Waals surface area contributed by atoms with Crippen LogP contribution in [0.1, 0.15) is 252 Å². The van der Waals surface area contributed by atoms with Gasteiger partial charge in [0.25, 0.3) is 0 Å².